The maximum Gasteiger partial charge on any atom is 0.0625 e. The van der Waals surface area contributed by atoms with Crippen LogP contribution in [0, 0.1) is 6.92 Å². The topological polar surface area (TPSA) is 72.3 Å². The van der Waals surface area contributed by atoms with E-state index in [1.807, 2.05) is 19.1 Å². The molecule has 3 nitrogen and oxygen atoms in total. The van der Waals surface area contributed by atoms with Crippen molar-refractivity contribution in [3.63, 3.8) is 0 Å². The van der Waals surface area contributed by atoms with Gasteiger partial charge in [-0.25, -0.2) is 0 Å². The Hall–Kier alpha value is -1.06. The predicted octanol–water partition coefficient (Wildman–Crippen LogP) is 0.569. The Labute approximate surface area is 72.0 Å². The number of aliphatic hydroxyl groups excluding tert-OH is 1. The number of hydrogen-bond acceptors (Lipinski definition) is 3. The van der Waals surface area contributed by atoms with Gasteiger partial charge >= 0.3 is 0 Å². The van der Waals surface area contributed by atoms with Crippen molar-refractivity contribution in [2.24, 2.45) is 5.73 Å². The molecule has 3 heteroatoms. The summed E-state index contributed by atoms with van der Waals surface area (Å²) in [5, 5.41) is 8.86. The number of aryl methyl sites for hydroxylation is 1. The number of anilines is 1. The molecule has 0 saturated heterocycles. The molecule has 0 aliphatic carbocycles. The van der Waals surface area contributed by atoms with E-state index in [2.05, 4.69) is 0 Å². The van der Waals surface area contributed by atoms with Crippen LogP contribution >= 0.6 is 0 Å². The highest BCUT2D eigenvalue weighted by molar-refractivity contribution is 5.52. The van der Waals surface area contributed by atoms with E-state index in [0.717, 1.165) is 11.1 Å². The summed E-state index contributed by atoms with van der Waals surface area (Å²) in [6, 6.07) is 5.23. The summed E-state index contributed by atoms with van der Waals surface area (Å²) in [5.41, 5.74) is 13.9. The van der Waals surface area contributed by atoms with E-state index in [0.29, 0.717) is 5.69 Å². The van der Waals surface area contributed by atoms with Crippen molar-refractivity contribution in [1.82, 2.24) is 0 Å². The summed E-state index contributed by atoms with van der Waals surface area (Å²) in [5.74, 6) is 0. The Balaban J connectivity index is 3.12. The van der Waals surface area contributed by atoms with Crippen LogP contribution in [0.4, 0.5) is 5.69 Å². The molecule has 1 aromatic carbocycles. The van der Waals surface area contributed by atoms with Gasteiger partial charge in [0.2, 0.25) is 0 Å². The van der Waals surface area contributed by atoms with E-state index in [4.69, 9.17) is 16.6 Å². The zero-order valence-corrected chi connectivity index (χ0v) is 7.12. The molecular weight excluding hydrogens is 152 g/mol. The van der Waals surface area contributed by atoms with Crippen molar-refractivity contribution in [2.75, 3.05) is 12.3 Å². The summed E-state index contributed by atoms with van der Waals surface area (Å²) in [6.07, 6.45) is 0. The third-order valence-corrected chi connectivity index (χ3v) is 1.93. The number of nitrogen functional groups attached to an aromatic ring is 1. The van der Waals surface area contributed by atoms with Gasteiger partial charge in [-0.15, -0.1) is 0 Å². The molecule has 0 spiro atoms. The first-order chi connectivity index (χ1) is 5.66. The van der Waals surface area contributed by atoms with Crippen LogP contribution in [0.2, 0.25) is 0 Å². The van der Waals surface area contributed by atoms with Crippen LogP contribution in [0.3, 0.4) is 0 Å². The Kier molecular flexibility index (Phi) is 2.68. The third kappa shape index (κ3) is 1.57. The van der Waals surface area contributed by atoms with Crippen LogP contribution in [0.25, 0.3) is 0 Å². The van der Waals surface area contributed by atoms with Gasteiger partial charge in [0.05, 0.1) is 12.6 Å². The van der Waals surface area contributed by atoms with Crippen molar-refractivity contribution in [3.8, 4) is 0 Å². The van der Waals surface area contributed by atoms with Crippen LogP contribution < -0.4 is 11.5 Å². The van der Waals surface area contributed by atoms with Gasteiger partial charge in [0.15, 0.2) is 0 Å². The SMILES string of the molecule is Cc1cccc(N)c1[C@H](N)CO. The minimum atomic E-state index is -0.369. The number of nitrogens with two attached hydrogens (primary N) is 2. The highest BCUT2D eigenvalue weighted by Gasteiger charge is 2.10. The third-order valence-electron chi connectivity index (χ3n) is 1.93. The maximum absolute atomic E-state index is 8.86. The lowest BCUT2D eigenvalue weighted by molar-refractivity contribution is 0.268. The molecule has 12 heavy (non-hydrogen) atoms. The Morgan fingerprint density at radius 1 is 1.50 bits per heavy atom. The van der Waals surface area contributed by atoms with Gasteiger partial charge in [0.25, 0.3) is 0 Å². The lowest BCUT2D eigenvalue weighted by atomic mass is 10.0. The zero-order chi connectivity index (χ0) is 9.14. The zero-order valence-electron chi connectivity index (χ0n) is 7.12. The molecule has 0 heterocycles. The molecule has 0 aliphatic rings. The first-order valence-corrected chi connectivity index (χ1v) is 3.88. The van der Waals surface area contributed by atoms with E-state index in [9.17, 15) is 0 Å². The van der Waals surface area contributed by atoms with Crippen LogP contribution in [-0.4, -0.2) is 11.7 Å². The van der Waals surface area contributed by atoms with E-state index in [-0.39, 0.29) is 12.6 Å². The molecule has 0 saturated carbocycles. The molecule has 0 fully saturated rings. The van der Waals surface area contributed by atoms with Crippen molar-refractivity contribution in [3.05, 3.63) is 29.3 Å². The maximum atomic E-state index is 8.86. The van der Waals surface area contributed by atoms with Crippen molar-refractivity contribution in [1.29, 1.82) is 0 Å². The Morgan fingerprint density at radius 3 is 2.67 bits per heavy atom. The highest BCUT2D eigenvalue weighted by Crippen LogP contribution is 2.21. The van der Waals surface area contributed by atoms with Crippen LogP contribution in [0.1, 0.15) is 17.2 Å². The minimum Gasteiger partial charge on any atom is -0.398 e. The van der Waals surface area contributed by atoms with Crippen LogP contribution in [-0.2, 0) is 0 Å². The first kappa shape index (κ1) is 9.03. The summed E-state index contributed by atoms with van der Waals surface area (Å²) in [6.45, 7) is 1.86. The van der Waals surface area contributed by atoms with Gasteiger partial charge in [-0.05, 0) is 24.1 Å². The second kappa shape index (κ2) is 3.56. The van der Waals surface area contributed by atoms with Gasteiger partial charge in [-0.3, -0.25) is 0 Å². The molecule has 1 aromatic rings. The van der Waals surface area contributed by atoms with E-state index in [1.54, 1.807) is 6.07 Å². The van der Waals surface area contributed by atoms with Crippen molar-refractivity contribution >= 4 is 5.69 Å². The molecule has 66 valence electrons. The van der Waals surface area contributed by atoms with Gasteiger partial charge < -0.3 is 16.6 Å². The molecule has 5 N–H and O–H groups in total. The van der Waals surface area contributed by atoms with Gasteiger partial charge in [-0.1, -0.05) is 12.1 Å². The van der Waals surface area contributed by atoms with E-state index >= 15 is 0 Å². The fourth-order valence-electron chi connectivity index (χ4n) is 1.30. The average Bonchev–Trinajstić information content (AvgIpc) is 2.03. The van der Waals surface area contributed by atoms with Crippen LogP contribution in [0.15, 0.2) is 18.2 Å². The van der Waals surface area contributed by atoms with Crippen molar-refractivity contribution < 1.29 is 5.11 Å². The largest absolute Gasteiger partial charge is 0.398 e. The lowest BCUT2D eigenvalue weighted by Gasteiger charge is -2.14. The summed E-state index contributed by atoms with van der Waals surface area (Å²) >= 11 is 0. The Bertz CT molecular complexity index is 253. The normalized spacial score (nSPS) is 12.9. The van der Waals surface area contributed by atoms with E-state index < -0.39 is 0 Å². The molecule has 0 amide bonds. The monoisotopic (exact) mass is 166 g/mol. The molecule has 0 aromatic heterocycles. The molecular formula is C9H14N2O. The second-order valence-electron chi connectivity index (χ2n) is 2.87. The molecule has 1 rings (SSSR count). The smallest absolute Gasteiger partial charge is 0.0625 e. The number of hydrogen-bond donors (Lipinski definition) is 3. The quantitative estimate of drug-likeness (QED) is 0.562. The predicted molar refractivity (Wildman–Crippen MR) is 49.6 cm³/mol. The van der Waals surface area contributed by atoms with Gasteiger partial charge in [0, 0.05) is 5.69 Å². The number of benzene rings is 1. The number of rotatable bonds is 2. The lowest BCUT2D eigenvalue weighted by Crippen LogP contribution is -2.17. The summed E-state index contributed by atoms with van der Waals surface area (Å²) in [7, 11) is 0. The highest BCUT2D eigenvalue weighted by atomic mass is 16.3. The van der Waals surface area contributed by atoms with Gasteiger partial charge in [0.1, 0.15) is 0 Å². The second-order valence-corrected chi connectivity index (χ2v) is 2.87. The molecule has 0 aliphatic heterocycles. The molecule has 0 radical (unpaired) electrons. The summed E-state index contributed by atoms with van der Waals surface area (Å²) < 4.78 is 0. The standard InChI is InChI=1S/C9H14N2O/c1-6-3-2-4-7(10)9(6)8(11)5-12/h2-4,8,12H,5,10-11H2,1H3/t8-/m1/s1. The first-order valence-electron chi connectivity index (χ1n) is 3.88. The minimum absolute atomic E-state index is 0.0744. The molecule has 0 unspecified atom stereocenters. The average molecular weight is 166 g/mol. The van der Waals surface area contributed by atoms with Crippen LogP contribution in [0.5, 0.6) is 0 Å². The Morgan fingerprint density at radius 2 is 2.17 bits per heavy atom. The molecule has 1 atom stereocenters. The van der Waals surface area contributed by atoms with E-state index in [1.165, 1.54) is 0 Å². The van der Waals surface area contributed by atoms with Gasteiger partial charge in [-0.2, -0.15) is 0 Å². The summed E-state index contributed by atoms with van der Waals surface area (Å²) in [4.78, 5) is 0. The fourth-order valence-corrected chi connectivity index (χ4v) is 1.30. The molecule has 0 bridgehead atoms. The van der Waals surface area contributed by atoms with Crippen molar-refractivity contribution in [2.45, 2.75) is 13.0 Å². The fraction of sp³-hybridized carbons (Fsp3) is 0.333. The number of aliphatic hydroxyl groups is 1.